The second-order valence-corrected chi connectivity index (χ2v) is 10.6. The zero-order valence-corrected chi connectivity index (χ0v) is 19.0. The van der Waals surface area contributed by atoms with Crippen LogP contribution in [-0.2, 0) is 20.7 Å². The van der Waals surface area contributed by atoms with Crippen LogP contribution in [-0.4, -0.2) is 23.6 Å². The zero-order valence-electron chi connectivity index (χ0n) is 19.0. The molecule has 0 N–H and O–H groups in total. The Morgan fingerprint density at radius 1 is 1.00 bits per heavy atom. The van der Waals surface area contributed by atoms with Gasteiger partial charge in [0, 0.05) is 30.7 Å². The predicted octanol–water partition coefficient (Wildman–Crippen LogP) is 5.09. The van der Waals surface area contributed by atoms with Gasteiger partial charge in [-0.25, -0.2) is 0 Å². The number of hydrogen-bond acceptors (Lipinski definition) is 5. The quantitative estimate of drug-likeness (QED) is 0.498. The van der Waals surface area contributed by atoms with Gasteiger partial charge in [0.05, 0.1) is 0 Å². The number of rotatable bonds is 2. The highest BCUT2D eigenvalue weighted by molar-refractivity contribution is 5.70. The number of hydrogen-bond donors (Lipinski definition) is 0. The number of benzene rings is 1. The molecule has 164 valence electrons. The molecule has 3 aliphatic rings. The fourth-order valence-electron chi connectivity index (χ4n) is 7.01. The second-order valence-electron chi connectivity index (χ2n) is 10.6. The van der Waals surface area contributed by atoms with Crippen molar-refractivity contribution in [2.45, 2.75) is 85.4 Å². The van der Waals surface area contributed by atoms with Crippen LogP contribution >= 0.6 is 0 Å². The topological polar surface area (TPSA) is 61.8 Å². The van der Waals surface area contributed by atoms with E-state index in [9.17, 15) is 9.59 Å². The van der Waals surface area contributed by atoms with Crippen LogP contribution in [0.1, 0.15) is 72.8 Å². The second kappa shape index (κ2) is 7.00. The van der Waals surface area contributed by atoms with E-state index in [-0.39, 0.29) is 34.5 Å². The third-order valence-corrected chi connectivity index (χ3v) is 8.34. The van der Waals surface area contributed by atoms with Crippen LogP contribution < -0.4 is 9.47 Å². The molecule has 4 rings (SSSR count). The summed E-state index contributed by atoms with van der Waals surface area (Å²) in [5.74, 6) is 1.66. The first kappa shape index (κ1) is 21.2. The molecule has 1 aromatic rings. The molecule has 5 nitrogen and oxygen atoms in total. The smallest absolute Gasteiger partial charge is 0.308 e. The molecule has 2 aliphatic carbocycles. The number of carbonyl (C=O) groups excluding carboxylic acids is 2. The molecule has 0 unspecified atom stereocenters. The average molecular weight is 415 g/mol. The summed E-state index contributed by atoms with van der Waals surface area (Å²) in [4.78, 5) is 23.3. The lowest BCUT2D eigenvalue weighted by Crippen LogP contribution is -2.64. The molecule has 5 heteroatoms. The highest BCUT2D eigenvalue weighted by Gasteiger charge is 2.63. The first-order valence-corrected chi connectivity index (χ1v) is 11.1. The lowest BCUT2D eigenvalue weighted by molar-refractivity contribution is -0.203. The van der Waals surface area contributed by atoms with Crippen LogP contribution in [0.3, 0.4) is 0 Å². The molecule has 5 atom stereocenters. The van der Waals surface area contributed by atoms with E-state index in [1.54, 1.807) is 0 Å². The SMILES string of the molecule is CC(=O)Oc1cccc2c1C[C@@H]1[C@@]3(C)CC[C@H](OC(C)=O)C(C)(C)[C@@H]3CC[C@]1(C)O2. The van der Waals surface area contributed by atoms with E-state index < -0.39 is 0 Å². The van der Waals surface area contributed by atoms with Crippen LogP contribution in [0.5, 0.6) is 11.5 Å². The van der Waals surface area contributed by atoms with Crippen molar-refractivity contribution in [3.05, 3.63) is 23.8 Å². The predicted molar refractivity (Wildman–Crippen MR) is 113 cm³/mol. The molecule has 30 heavy (non-hydrogen) atoms. The Morgan fingerprint density at radius 2 is 1.73 bits per heavy atom. The van der Waals surface area contributed by atoms with E-state index in [1.165, 1.54) is 13.8 Å². The van der Waals surface area contributed by atoms with E-state index in [1.807, 2.05) is 18.2 Å². The van der Waals surface area contributed by atoms with Crippen molar-refractivity contribution in [1.29, 1.82) is 0 Å². The van der Waals surface area contributed by atoms with Gasteiger partial charge in [-0.2, -0.15) is 0 Å². The summed E-state index contributed by atoms with van der Waals surface area (Å²) in [5.41, 5.74) is 0.693. The molecule has 0 bridgehead atoms. The average Bonchev–Trinajstić information content (AvgIpc) is 2.62. The molecule has 2 fully saturated rings. The van der Waals surface area contributed by atoms with E-state index in [0.717, 1.165) is 43.4 Å². The van der Waals surface area contributed by atoms with Crippen LogP contribution in [0.4, 0.5) is 0 Å². The van der Waals surface area contributed by atoms with Crippen LogP contribution in [0.25, 0.3) is 0 Å². The third kappa shape index (κ3) is 3.21. The maximum Gasteiger partial charge on any atom is 0.308 e. The van der Waals surface area contributed by atoms with Gasteiger partial charge in [-0.05, 0) is 62.5 Å². The number of fused-ring (bicyclic) bond motifs is 4. The molecule has 0 spiro atoms. The first-order chi connectivity index (χ1) is 14.0. The van der Waals surface area contributed by atoms with Crippen molar-refractivity contribution >= 4 is 11.9 Å². The number of ether oxygens (including phenoxy) is 3. The van der Waals surface area contributed by atoms with E-state index in [4.69, 9.17) is 14.2 Å². The van der Waals surface area contributed by atoms with Crippen molar-refractivity contribution in [2.24, 2.45) is 22.7 Å². The van der Waals surface area contributed by atoms with Gasteiger partial charge in [0.2, 0.25) is 0 Å². The van der Waals surface area contributed by atoms with Gasteiger partial charge < -0.3 is 14.2 Å². The number of esters is 2. The monoisotopic (exact) mass is 414 g/mol. The maximum absolute atomic E-state index is 11.7. The fraction of sp³-hybridized carbons (Fsp3) is 0.680. The van der Waals surface area contributed by atoms with Crippen molar-refractivity contribution in [2.75, 3.05) is 0 Å². The minimum Gasteiger partial charge on any atom is -0.487 e. The summed E-state index contributed by atoms with van der Waals surface area (Å²) in [7, 11) is 0. The molecule has 0 aromatic heterocycles. The molecule has 2 saturated carbocycles. The Morgan fingerprint density at radius 3 is 2.40 bits per heavy atom. The molecule has 0 amide bonds. The van der Waals surface area contributed by atoms with Crippen molar-refractivity contribution < 1.29 is 23.8 Å². The Labute approximate surface area is 179 Å². The minimum absolute atomic E-state index is 0.0498. The summed E-state index contributed by atoms with van der Waals surface area (Å²) < 4.78 is 17.9. The van der Waals surface area contributed by atoms with Crippen molar-refractivity contribution in [3.8, 4) is 11.5 Å². The lowest BCUT2D eigenvalue weighted by Gasteiger charge is -2.64. The van der Waals surface area contributed by atoms with Crippen molar-refractivity contribution in [1.82, 2.24) is 0 Å². The Hall–Kier alpha value is -2.04. The highest BCUT2D eigenvalue weighted by atomic mass is 16.5. The van der Waals surface area contributed by atoms with E-state index in [0.29, 0.717) is 17.6 Å². The van der Waals surface area contributed by atoms with Gasteiger partial charge in [0.1, 0.15) is 23.2 Å². The molecule has 0 saturated heterocycles. The third-order valence-electron chi connectivity index (χ3n) is 8.34. The number of carbonyl (C=O) groups is 2. The molecular weight excluding hydrogens is 380 g/mol. The van der Waals surface area contributed by atoms with Crippen LogP contribution in [0, 0.1) is 22.7 Å². The van der Waals surface area contributed by atoms with E-state index in [2.05, 4.69) is 27.7 Å². The zero-order chi connectivity index (χ0) is 21.9. The van der Waals surface area contributed by atoms with Crippen molar-refractivity contribution in [3.63, 3.8) is 0 Å². The standard InChI is InChI=1S/C25H34O5/c1-15(26)28-18-8-7-9-19-17(18)14-21-24(5)12-11-22(29-16(2)27)23(3,4)20(24)10-13-25(21,6)30-19/h7-9,20-22H,10-14H2,1-6H3/t20-,21+,22-,24-,25-/m0/s1. The molecule has 0 radical (unpaired) electrons. The van der Waals surface area contributed by atoms with Gasteiger partial charge in [0.15, 0.2) is 0 Å². The van der Waals surface area contributed by atoms with Gasteiger partial charge in [-0.15, -0.1) is 0 Å². The normalized spacial score (nSPS) is 36.4. The van der Waals surface area contributed by atoms with Gasteiger partial charge in [-0.1, -0.05) is 26.8 Å². The first-order valence-electron chi connectivity index (χ1n) is 11.1. The Balaban J connectivity index is 1.72. The van der Waals surface area contributed by atoms with Gasteiger partial charge in [0.25, 0.3) is 0 Å². The van der Waals surface area contributed by atoms with Gasteiger partial charge >= 0.3 is 11.9 Å². The Bertz CT molecular complexity index is 874. The maximum atomic E-state index is 11.7. The molecule has 1 aliphatic heterocycles. The van der Waals surface area contributed by atoms with Crippen LogP contribution in [0.2, 0.25) is 0 Å². The summed E-state index contributed by atoms with van der Waals surface area (Å²) >= 11 is 0. The summed E-state index contributed by atoms with van der Waals surface area (Å²) in [6, 6.07) is 5.73. The fourth-order valence-corrected chi connectivity index (χ4v) is 7.01. The van der Waals surface area contributed by atoms with Gasteiger partial charge in [-0.3, -0.25) is 9.59 Å². The molecule has 1 aromatic carbocycles. The Kier molecular flexibility index (Phi) is 4.94. The summed E-state index contributed by atoms with van der Waals surface area (Å²) in [5, 5.41) is 0. The minimum atomic E-state index is -0.313. The highest BCUT2D eigenvalue weighted by Crippen LogP contribution is 2.65. The lowest BCUT2D eigenvalue weighted by atomic mass is 9.44. The largest absolute Gasteiger partial charge is 0.487 e. The van der Waals surface area contributed by atoms with Crippen LogP contribution in [0.15, 0.2) is 18.2 Å². The molecular formula is C25H34O5. The summed E-state index contributed by atoms with van der Waals surface area (Å²) in [6.45, 7) is 12.1. The summed E-state index contributed by atoms with van der Waals surface area (Å²) in [6.07, 6.45) is 4.65. The van der Waals surface area contributed by atoms with E-state index >= 15 is 0 Å². The molecule has 1 heterocycles.